The summed E-state index contributed by atoms with van der Waals surface area (Å²) in [6, 6.07) is 7.09. The molecule has 7 rings (SSSR count). The number of rotatable bonds is 3. The third-order valence-electron chi connectivity index (χ3n) is 7.49. The SMILES string of the molecule is CN1CCC1.COc1nc(N2CC3CCC(C2)N3)c2cnc(-c3[nH]c(=S)cc4cccc(F)c34)c(F)c2n1. The van der Waals surface area contributed by atoms with Crippen LogP contribution >= 0.6 is 12.2 Å². The van der Waals surface area contributed by atoms with Crippen LogP contribution in [0.15, 0.2) is 30.5 Å². The van der Waals surface area contributed by atoms with Crippen molar-refractivity contribution in [1.29, 1.82) is 0 Å². The van der Waals surface area contributed by atoms with E-state index in [9.17, 15) is 4.39 Å². The molecule has 2 N–H and O–H groups in total. The number of methoxy groups -OCH3 is 1. The number of fused-ring (bicyclic) bond motifs is 4. The molecule has 0 spiro atoms. The number of nitrogens with zero attached hydrogens (tertiary/aromatic N) is 5. The molecule has 0 radical (unpaired) electrons. The number of halogens is 2. The molecular formula is C27H29F2N7OS. The molecule has 0 saturated carbocycles. The molecule has 3 aliphatic rings. The van der Waals surface area contributed by atoms with E-state index in [2.05, 4.69) is 42.1 Å². The highest BCUT2D eigenvalue weighted by molar-refractivity contribution is 7.71. The average molecular weight is 538 g/mol. The first-order chi connectivity index (χ1) is 18.4. The zero-order chi connectivity index (χ0) is 26.4. The molecule has 0 aliphatic carbocycles. The fourth-order valence-corrected chi connectivity index (χ4v) is 5.67. The van der Waals surface area contributed by atoms with Gasteiger partial charge in [-0.3, -0.25) is 4.98 Å². The lowest BCUT2D eigenvalue weighted by Gasteiger charge is -2.34. The van der Waals surface area contributed by atoms with Crippen molar-refractivity contribution in [3.63, 3.8) is 0 Å². The van der Waals surface area contributed by atoms with Gasteiger partial charge < -0.3 is 24.8 Å². The minimum Gasteiger partial charge on any atom is -0.467 e. The van der Waals surface area contributed by atoms with Crippen LogP contribution in [-0.4, -0.2) is 77.3 Å². The van der Waals surface area contributed by atoms with Gasteiger partial charge in [0.05, 0.1) is 18.2 Å². The summed E-state index contributed by atoms with van der Waals surface area (Å²) < 4.78 is 36.4. The molecule has 198 valence electrons. The van der Waals surface area contributed by atoms with Crippen LogP contribution in [0.4, 0.5) is 14.6 Å². The summed E-state index contributed by atoms with van der Waals surface area (Å²) in [6.45, 7) is 4.16. The number of piperazine rings is 1. The maximum absolute atomic E-state index is 16.0. The molecule has 1 aromatic carbocycles. The van der Waals surface area contributed by atoms with Crippen LogP contribution < -0.4 is 15.0 Å². The van der Waals surface area contributed by atoms with E-state index in [1.165, 1.54) is 32.7 Å². The smallest absolute Gasteiger partial charge is 0.318 e. The minimum absolute atomic E-state index is 0.0589. The van der Waals surface area contributed by atoms with Gasteiger partial charge in [-0.2, -0.15) is 9.97 Å². The third-order valence-corrected chi connectivity index (χ3v) is 7.71. The Hall–Kier alpha value is -3.28. The van der Waals surface area contributed by atoms with Crippen LogP contribution in [0, 0.1) is 16.3 Å². The van der Waals surface area contributed by atoms with Gasteiger partial charge >= 0.3 is 6.01 Å². The summed E-state index contributed by atoms with van der Waals surface area (Å²) in [6.07, 6.45) is 5.16. The Morgan fingerprint density at radius 1 is 1.11 bits per heavy atom. The van der Waals surface area contributed by atoms with Gasteiger partial charge in [-0.15, -0.1) is 0 Å². The Kier molecular flexibility index (Phi) is 6.67. The molecule has 3 fully saturated rings. The Morgan fingerprint density at radius 3 is 2.50 bits per heavy atom. The molecular weight excluding hydrogens is 508 g/mol. The number of aromatic nitrogens is 4. The lowest BCUT2D eigenvalue weighted by atomic mass is 10.1. The maximum Gasteiger partial charge on any atom is 0.318 e. The third kappa shape index (κ3) is 4.59. The summed E-state index contributed by atoms with van der Waals surface area (Å²) in [5, 5.41) is 4.85. The molecule has 6 heterocycles. The molecule has 3 aromatic heterocycles. The highest BCUT2D eigenvalue weighted by Crippen LogP contribution is 2.36. The van der Waals surface area contributed by atoms with E-state index < -0.39 is 11.6 Å². The molecule has 2 bridgehead atoms. The Bertz CT molecular complexity index is 1560. The van der Waals surface area contributed by atoms with Crippen molar-refractivity contribution in [3.8, 4) is 17.4 Å². The first-order valence-corrected chi connectivity index (χ1v) is 13.2. The number of anilines is 1. The fourth-order valence-electron chi connectivity index (χ4n) is 5.44. The summed E-state index contributed by atoms with van der Waals surface area (Å²) in [7, 11) is 3.59. The zero-order valence-electron chi connectivity index (χ0n) is 21.3. The maximum atomic E-state index is 16.0. The van der Waals surface area contributed by atoms with Crippen molar-refractivity contribution in [1.82, 2.24) is 30.2 Å². The van der Waals surface area contributed by atoms with Crippen LogP contribution in [0.25, 0.3) is 33.1 Å². The van der Waals surface area contributed by atoms with Crippen molar-refractivity contribution >= 4 is 39.7 Å². The highest BCUT2D eigenvalue weighted by atomic mass is 32.1. The van der Waals surface area contributed by atoms with E-state index in [1.54, 1.807) is 24.4 Å². The van der Waals surface area contributed by atoms with E-state index in [-0.39, 0.29) is 28.3 Å². The molecule has 4 aromatic rings. The number of likely N-dealkylation sites (tertiary alicyclic amines) is 1. The van der Waals surface area contributed by atoms with Gasteiger partial charge in [-0.05, 0) is 56.9 Å². The normalized spacial score (nSPS) is 20.8. The largest absolute Gasteiger partial charge is 0.467 e. The summed E-state index contributed by atoms with van der Waals surface area (Å²) in [5.74, 6) is -0.591. The van der Waals surface area contributed by atoms with E-state index in [1.807, 2.05) is 0 Å². The Labute approximate surface area is 224 Å². The zero-order valence-corrected chi connectivity index (χ0v) is 22.1. The average Bonchev–Trinajstić information content (AvgIpc) is 3.24. The van der Waals surface area contributed by atoms with Gasteiger partial charge in [0, 0.05) is 36.8 Å². The van der Waals surface area contributed by atoms with Crippen LogP contribution in [0.3, 0.4) is 0 Å². The summed E-state index contributed by atoms with van der Waals surface area (Å²) >= 11 is 5.30. The van der Waals surface area contributed by atoms with Crippen molar-refractivity contribution in [3.05, 3.63) is 46.7 Å². The molecule has 2 unspecified atom stereocenters. The minimum atomic E-state index is -0.686. The van der Waals surface area contributed by atoms with Crippen molar-refractivity contribution in [2.24, 2.45) is 0 Å². The number of benzene rings is 1. The number of pyridine rings is 2. The second-order valence-electron chi connectivity index (χ2n) is 10.1. The first kappa shape index (κ1) is 25.0. The molecule has 2 atom stereocenters. The molecule has 3 saturated heterocycles. The van der Waals surface area contributed by atoms with Crippen LogP contribution in [-0.2, 0) is 0 Å². The number of nitrogens with one attached hydrogen (secondary N) is 2. The lowest BCUT2D eigenvalue weighted by molar-refractivity contribution is 0.229. The van der Waals surface area contributed by atoms with E-state index >= 15 is 4.39 Å². The second-order valence-corrected chi connectivity index (χ2v) is 10.6. The Balaban J connectivity index is 0.000000476. The predicted octanol–water partition coefficient (Wildman–Crippen LogP) is 4.45. The summed E-state index contributed by atoms with van der Waals surface area (Å²) in [4.78, 5) is 20.6. The van der Waals surface area contributed by atoms with E-state index in [4.69, 9.17) is 17.0 Å². The standard InChI is InChI=1S/C23H20F2N6OS.C4H9N/c1-32-23-29-19-14(22(30-23)31-9-12-5-6-13(10-31)27-12)8-26-21(18(19)25)20-17-11(7-16(33)28-20)3-2-4-15(17)24;1-5-3-2-4-5/h2-4,7-8,12-13,27H,5-6,9-10H2,1H3,(H,28,33);2-4H2,1H3. The van der Waals surface area contributed by atoms with Crippen LogP contribution in [0.5, 0.6) is 6.01 Å². The van der Waals surface area contributed by atoms with Gasteiger partial charge in [0.15, 0.2) is 5.82 Å². The number of hydrogen-bond acceptors (Lipinski definition) is 8. The number of aromatic amines is 1. The highest BCUT2D eigenvalue weighted by Gasteiger charge is 2.34. The van der Waals surface area contributed by atoms with Gasteiger partial charge in [0.2, 0.25) is 0 Å². The number of ether oxygens (including phenoxy) is 1. The van der Waals surface area contributed by atoms with Crippen molar-refractivity contribution in [2.75, 3.05) is 45.2 Å². The molecule has 38 heavy (non-hydrogen) atoms. The van der Waals surface area contributed by atoms with Crippen LogP contribution in [0.2, 0.25) is 0 Å². The first-order valence-electron chi connectivity index (χ1n) is 12.8. The monoisotopic (exact) mass is 537 g/mol. The Morgan fingerprint density at radius 2 is 1.84 bits per heavy atom. The molecule has 0 amide bonds. The number of hydrogen-bond donors (Lipinski definition) is 2. The fraction of sp³-hybridized carbons (Fsp3) is 0.407. The quantitative estimate of drug-likeness (QED) is 0.371. The molecule has 8 nitrogen and oxygen atoms in total. The summed E-state index contributed by atoms with van der Waals surface area (Å²) in [5.41, 5.74) is 0.186. The van der Waals surface area contributed by atoms with Gasteiger partial charge in [-0.25, -0.2) is 8.78 Å². The molecule has 11 heteroatoms. The number of H-pyrrole nitrogens is 1. The van der Waals surface area contributed by atoms with Gasteiger partial charge in [0.1, 0.15) is 27.5 Å². The van der Waals surface area contributed by atoms with E-state index in [0.29, 0.717) is 33.3 Å². The van der Waals surface area contributed by atoms with Crippen molar-refractivity contribution < 1.29 is 13.5 Å². The lowest BCUT2D eigenvalue weighted by Crippen LogP contribution is -2.51. The van der Waals surface area contributed by atoms with E-state index in [0.717, 1.165) is 25.9 Å². The van der Waals surface area contributed by atoms with Crippen LogP contribution in [0.1, 0.15) is 19.3 Å². The second kappa shape index (κ2) is 10.1. The topological polar surface area (TPSA) is 82.2 Å². The van der Waals surface area contributed by atoms with Gasteiger partial charge in [-0.1, -0.05) is 24.4 Å². The molecule has 3 aliphatic heterocycles. The van der Waals surface area contributed by atoms with Crippen molar-refractivity contribution in [2.45, 2.75) is 31.3 Å². The van der Waals surface area contributed by atoms with Gasteiger partial charge in [0.25, 0.3) is 0 Å². The predicted molar refractivity (Wildman–Crippen MR) is 146 cm³/mol.